The van der Waals surface area contributed by atoms with Crippen LogP contribution in [0.3, 0.4) is 0 Å². The number of nitrogens with one attached hydrogen (secondary N) is 2. The molecule has 214 valence electrons. The van der Waals surface area contributed by atoms with Crippen LogP contribution in [0.1, 0.15) is 87.7 Å². The van der Waals surface area contributed by atoms with Gasteiger partial charge in [-0.1, -0.05) is 12.1 Å². The largest absolute Gasteiger partial charge is 0.446 e. The monoisotopic (exact) mass is 550 g/mol. The van der Waals surface area contributed by atoms with E-state index in [1.54, 1.807) is 17.1 Å². The molecule has 1 aliphatic carbocycles. The van der Waals surface area contributed by atoms with E-state index in [0.717, 1.165) is 29.8 Å². The van der Waals surface area contributed by atoms with Gasteiger partial charge in [-0.15, -0.1) is 0 Å². The minimum Gasteiger partial charge on any atom is -0.446 e. The molecule has 3 heterocycles. The number of amides is 2. The first-order valence-electron chi connectivity index (χ1n) is 13.8. The number of alkyl carbamates (subject to hydrolysis) is 1. The smallest absolute Gasteiger partial charge is 0.407 e. The maximum atomic E-state index is 13.3. The summed E-state index contributed by atoms with van der Waals surface area (Å²) in [6.07, 6.45) is 4.71. The van der Waals surface area contributed by atoms with E-state index < -0.39 is 0 Å². The summed E-state index contributed by atoms with van der Waals surface area (Å²) in [6.45, 7) is 11.1. The highest BCUT2D eigenvalue weighted by molar-refractivity contribution is 6.03. The number of nitrogens with zero attached hydrogens (tertiary/aromatic N) is 4. The number of hydrogen-bond acceptors (Lipinski definition) is 7. The molecule has 2 amide bonds. The van der Waals surface area contributed by atoms with Crippen LogP contribution in [0.4, 0.5) is 10.6 Å². The molecule has 11 nitrogen and oxygen atoms in total. The van der Waals surface area contributed by atoms with Crippen molar-refractivity contribution in [2.24, 2.45) is 0 Å². The molecule has 40 heavy (non-hydrogen) atoms. The number of ether oxygens (including phenoxy) is 3. The lowest BCUT2D eigenvalue weighted by atomic mass is 10.0. The van der Waals surface area contributed by atoms with Gasteiger partial charge in [0.15, 0.2) is 6.29 Å². The van der Waals surface area contributed by atoms with Gasteiger partial charge in [-0.2, -0.15) is 10.2 Å². The average Bonchev–Trinajstić information content (AvgIpc) is 3.70. The molecule has 11 heteroatoms. The minimum atomic E-state index is -0.387. The van der Waals surface area contributed by atoms with Gasteiger partial charge >= 0.3 is 6.09 Å². The molecule has 1 saturated heterocycles. The fraction of sp³-hybridized carbons (Fsp3) is 0.517. The van der Waals surface area contributed by atoms with Crippen LogP contribution in [0.25, 0.3) is 5.69 Å². The van der Waals surface area contributed by atoms with Crippen molar-refractivity contribution >= 4 is 17.8 Å². The number of anilines is 1. The van der Waals surface area contributed by atoms with Crippen LogP contribution in [0.15, 0.2) is 42.7 Å². The first-order valence-corrected chi connectivity index (χ1v) is 13.8. The lowest BCUT2D eigenvalue weighted by Gasteiger charge is -2.22. The lowest BCUT2D eigenvalue weighted by molar-refractivity contribution is -0.0441. The van der Waals surface area contributed by atoms with Crippen LogP contribution in [0.5, 0.6) is 0 Å². The van der Waals surface area contributed by atoms with Crippen LogP contribution in [0.2, 0.25) is 0 Å². The summed E-state index contributed by atoms with van der Waals surface area (Å²) in [5, 5.41) is 15.1. The van der Waals surface area contributed by atoms with Crippen molar-refractivity contribution in [3.05, 3.63) is 59.5 Å². The first kappa shape index (κ1) is 27.9. The molecule has 1 aliphatic heterocycles. The van der Waals surface area contributed by atoms with E-state index in [9.17, 15) is 9.59 Å². The summed E-state index contributed by atoms with van der Waals surface area (Å²) in [7, 11) is 0. The third-order valence-electron chi connectivity index (χ3n) is 6.98. The zero-order chi connectivity index (χ0) is 28.4. The minimum absolute atomic E-state index is 0.0257. The van der Waals surface area contributed by atoms with Gasteiger partial charge in [0.2, 0.25) is 0 Å². The number of rotatable bonds is 7. The Morgan fingerprint density at radius 1 is 1.10 bits per heavy atom. The van der Waals surface area contributed by atoms with Gasteiger partial charge in [0, 0.05) is 29.8 Å². The molecule has 5 rings (SSSR count). The molecule has 2 aliphatic rings. The Bertz CT molecular complexity index is 1330. The quantitative estimate of drug-likeness (QED) is 0.429. The Labute approximate surface area is 234 Å². The molecule has 2 atom stereocenters. The van der Waals surface area contributed by atoms with Gasteiger partial charge in [0.05, 0.1) is 41.9 Å². The normalized spacial score (nSPS) is 19.8. The summed E-state index contributed by atoms with van der Waals surface area (Å²) >= 11 is 0. The van der Waals surface area contributed by atoms with Gasteiger partial charge in [-0.3, -0.25) is 4.79 Å². The lowest BCUT2D eigenvalue weighted by Crippen LogP contribution is -2.33. The predicted molar refractivity (Wildman–Crippen MR) is 149 cm³/mol. The van der Waals surface area contributed by atoms with Crippen LogP contribution >= 0.6 is 0 Å². The molecule has 0 radical (unpaired) electrons. The Morgan fingerprint density at radius 2 is 1.82 bits per heavy atom. The zero-order valence-corrected chi connectivity index (χ0v) is 23.7. The molecular formula is C29H38N6O5. The molecule has 2 aromatic heterocycles. The van der Waals surface area contributed by atoms with Crippen LogP contribution in [0, 0.1) is 0 Å². The van der Waals surface area contributed by atoms with Crippen LogP contribution in [-0.2, 0) is 19.7 Å². The number of hydrogen-bond donors (Lipinski definition) is 2. The number of aromatic nitrogens is 4. The van der Waals surface area contributed by atoms with Crippen LogP contribution < -0.4 is 10.6 Å². The van der Waals surface area contributed by atoms with E-state index in [0.29, 0.717) is 31.0 Å². The second kappa shape index (κ2) is 11.4. The van der Waals surface area contributed by atoms with E-state index in [2.05, 4.69) is 15.7 Å². The van der Waals surface area contributed by atoms with Crippen molar-refractivity contribution in [2.75, 3.05) is 18.5 Å². The summed E-state index contributed by atoms with van der Waals surface area (Å²) in [5.74, 6) is 0.482. The highest BCUT2D eigenvalue weighted by Crippen LogP contribution is 2.37. The standard InChI is InChI=1S/C29H38N6O5/c1-18(2)31-28(37)40-23-11-8-20(14-23)24-15-25(35(33-24)29(3,4)5)32-26(36)21-16-30-34(17-21)22-9-6-19(7-10-22)27-38-12-13-39-27/h6-7,9-10,15-18,20,23,27H,8,11-14H2,1-5H3,(H,31,37)(H,32,36)/t20-,23+/m0/s1. The van der Waals surface area contributed by atoms with Crippen LogP contribution in [-0.4, -0.2) is 56.9 Å². The Balaban J connectivity index is 1.26. The Morgan fingerprint density at radius 3 is 2.50 bits per heavy atom. The van der Waals surface area contributed by atoms with Crippen molar-refractivity contribution in [3.8, 4) is 5.69 Å². The molecule has 2 fully saturated rings. The fourth-order valence-electron chi connectivity index (χ4n) is 5.04. The average molecular weight is 551 g/mol. The van der Waals surface area contributed by atoms with E-state index in [4.69, 9.17) is 19.3 Å². The van der Waals surface area contributed by atoms with Crippen molar-refractivity contribution in [2.45, 2.75) is 83.8 Å². The highest BCUT2D eigenvalue weighted by atomic mass is 16.7. The summed E-state index contributed by atoms with van der Waals surface area (Å²) < 4.78 is 20.2. The van der Waals surface area contributed by atoms with Crippen molar-refractivity contribution in [1.82, 2.24) is 24.9 Å². The molecule has 0 spiro atoms. The predicted octanol–water partition coefficient (Wildman–Crippen LogP) is 4.89. The molecule has 3 aromatic rings. The van der Waals surface area contributed by atoms with E-state index in [1.165, 1.54) is 0 Å². The third-order valence-corrected chi connectivity index (χ3v) is 6.98. The Kier molecular flexibility index (Phi) is 7.95. The van der Waals surface area contributed by atoms with E-state index in [1.807, 2.05) is 69.6 Å². The fourth-order valence-corrected chi connectivity index (χ4v) is 5.04. The van der Waals surface area contributed by atoms with Gasteiger partial charge in [-0.05, 0) is 66.0 Å². The molecule has 1 saturated carbocycles. The third kappa shape index (κ3) is 6.37. The molecular weight excluding hydrogens is 512 g/mol. The highest BCUT2D eigenvalue weighted by Gasteiger charge is 2.32. The van der Waals surface area contributed by atoms with E-state index in [-0.39, 0.29) is 41.9 Å². The van der Waals surface area contributed by atoms with E-state index >= 15 is 0 Å². The van der Waals surface area contributed by atoms with Gasteiger partial charge in [0.25, 0.3) is 5.91 Å². The zero-order valence-electron chi connectivity index (χ0n) is 23.7. The summed E-state index contributed by atoms with van der Waals surface area (Å²) in [6, 6.07) is 9.66. The van der Waals surface area contributed by atoms with Crippen molar-refractivity contribution < 1.29 is 23.8 Å². The second-order valence-electron chi connectivity index (χ2n) is 11.7. The summed E-state index contributed by atoms with van der Waals surface area (Å²) in [5.41, 5.74) is 2.72. The molecule has 2 N–H and O–H groups in total. The van der Waals surface area contributed by atoms with Gasteiger partial charge in [0.1, 0.15) is 11.9 Å². The molecule has 1 aromatic carbocycles. The first-order chi connectivity index (χ1) is 19.1. The maximum Gasteiger partial charge on any atom is 0.407 e. The Hall–Kier alpha value is -3.70. The van der Waals surface area contributed by atoms with Gasteiger partial charge in [-0.25, -0.2) is 14.2 Å². The van der Waals surface area contributed by atoms with Crippen molar-refractivity contribution in [1.29, 1.82) is 0 Å². The summed E-state index contributed by atoms with van der Waals surface area (Å²) in [4.78, 5) is 25.3. The van der Waals surface area contributed by atoms with Gasteiger partial charge < -0.3 is 24.8 Å². The number of benzene rings is 1. The number of carbonyl (C=O) groups excluding carboxylic acids is 2. The number of carbonyl (C=O) groups is 2. The van der Waals surface area contributed by atoms with Crippen molar-refractivity contribution in [3.63, 3.8) is 0 Å². The second-order valence-corrected chi connectivity index (χ2v) is 11.7. The maximum absolute atomic E-state index is 13.3. The SMILES string of the molecule is CC(C)NC(=O)O[C@@H]1CC[C@H](c2cc(NC(=O)c3cnn(-c4ccc(C5OCCO5)cc4)c3)n(C(C)(C)C)n2)C1. The molecule has 0 bridgehead atoms. The molecule has 0 unspecified atom stereocenters. The topological polar surface area (TPSA) is 122 Å².